The third kappa shape index (κ3) is 9.46. The average Bonchev–Trinajstić information content (AvgIpc) is 4.17. The molecule has 7 heterocycles. The number of aromatic nitrogens is 4. The van der Waals surface area contributed by atoms with Gasteiger partial charge in [0.2, 0.25) is 0 Å². The summed E-state index contributed by atoms with van der Waals surface area (Å²) in [7, 11) is -2.19. The van der Waals surface area contributed by atoms with Crippen LogP contribution in [-0.4, -0.2) is 25.6 Å². The molecular weight excluding hydrogens is 929 g/mol. The third-order valence-corrected chi connectivity index (χ3v) is 25.2. The monoisotopic (exact) mass is 992 g/mol. The first-order valence-electron chi connectivity index (χ1n) is 24.5. The number of hydrogen-bond donors (Lipinski definition) is 2. The molecule has 0 saturated carbocycles. The third-order valence-electron chi connectivity index (χ3n) is 13.7. The minimum Gasteiger partial charge on any atom is -0.398 e. The van der Waals surface area contributed by atoms with E-state index in [4.69, 9.17) is 29.0 Å². The summed E-state index contributed by atoms with van der Waals surface area (Å²) in [6.45, 7) is 9.20. The Kier molecular flexibility index (Phi) is 15.4. The van der Waals surface area contributed by atoms with Gasteiger partial charge in [0, 0.05) is 72.6 Å². The van der Waals surface area contributed by atoms with Gasteiger partial charge in [-0.1, -0.05) is 118 Å². The van der Waals surface area contributed by atoms with Crippen LogP contribution in [-0.2, 0) is 12.8 Å². The van der Waals surface area contributed by atoms with Crippen molar-refractivity contribution >= 4 is 121 Å². The predicted molar refractivity (Wildman–Crippen MR) is 295 cm³/mol. The lowest BCUT2D eigenvalue weighted by atomic mass is 10.0. The van der Waals surface area contributed by atoms with Gasteiger partial charge in [0.25, 0.3) is 0 Å². The number of aryl methyl sites for hydroxylation is 2. The summed E-state index contributed by atoms with van der Waals surface area (Å²) in [5.74, 6) is 0. The number of rotatable bonds is 24. The molecule has 6 nitrogen and oxygen atoms in total. The highest BCUT2D eigenvalue weighted by molar-refractivity contribution is 7.31. The normalized spacial score (nSPS) is 13.2. The van der Waals surface area contributed by atoms with Gasteiger partial charge in [0.05, 0.1) is 23.5 Å². The molecule has 4 N–H and O–H groups in total. The fourth-order valence-corrected chi connectivity index (χ4v) is 23.0. The summed E-state index contributed by atoms with van der Waals surface area (Å²) in [6, 6.07) is 21.3. The van der Waals surface area contributed by atoms with Gasteiger partial charge in [-0.05, 0) is 96.7 Å². The second-order valence-corrected chi connectivity index (χ2v) is 28.0. The van der Waals surface area contributed by atoms with E-state index in [0.29, 0.717) is 0 Å². The zero-order valence-corrected chi connectivity index (χ0v) is 44.6. The van der Waals surface area contributed by atoms with Crippen molar-refractivity contribution in [2.75, 3.05) is 11.5 Å². The topological polar surface area (TPSA) is 104 Å². The Morgan fingerprint density at radius 1 is 0.431 bits per heavy atom. The van der Waals surface area contributed by atoms with Crippen LogP contribution in [0.2, 0.25) is 12.1 Å². The Hall–Kier alpha value is -3.30. The highest BCUT2D eigenvalue weighted by atomic mass is 32.1. The van der Waals surface area contributed by atoms with Gasteiger partial charge in [0.15, 0.2) is 0 Å². The molecule has 2 aromatic carbocycles. The SMILES string of the molecule is CCCCCCc1ccc(-c2c(N)cc(-c3cc4c(s3)-c3sc(-c5cc(N)c(-c6ccc(CCCCCC)s6)c6nsnc56)cc3[Si]4(CCCCCC)CCCCCC)c3nsnc23)s1. The Morgan fingerprint density at radius 2 is 0.831 bits per heavy atom. The minimum atomic E-state index is -2.19. The molecule has 13 heteroatoms. The van der Waals surface area contributed by atoms with Crippen molar-refractivity contribution < 1.29 is 0 Å². The lowest BCUT2D eigenvalue weighted by molar-refractivity contribution is 0.670. The van der Waals surface area contributed by atoms with Crippen LogP contribution in [0.5, 0.6) is 0 Å². The molecule has 0 aliphatic carbocycles. The summed E-state index contributed by atoms with van der Waals surface area (Å²) in [5.41, 5.74) is 24.0. The second kappa shape index (κ2) is 21.3. The summed E-state index contributed by atoms with van der Waals surface area (Å²) >= 11 is 10.3. The number of fused-ring (bicyclic) bond motifs is 5. The molecule has 1 aliphatic rings. The van der Waals surface area contributed by atoms with Crippen LogP contribution >= 0.6 is 68.8 Å². The highest BCUT2D eigenvalue weighted by Gasteiger charge is 2.47. The fraction of sp³-hybridized carbons (Fsp3) is 0.462. The fourth-order valence-electron chi connectivity index (χ4n) is 10.2. The molecule has 8 aromatic rings. The van der Waals surface area contributed by atoms with Gasteiger partial charge in [-0.15, -0.1) is 45.3 Å². The van der Waals surface area contributed by atoms with Crippen molar-refractivity contribution in [3.63, 3.8) is 0 Å². The Morgan fingerprint density at radius 3 is 1.25 bits per heavy atom. The number of thiophene rings is 4. The molecule has 0 radical (unpaired) electrons. The number of nitrogen functional groups attached to an aromatic ring is 2. The lowest BCUT2D eigenvalue weighted by Crippen LogP contribution is -2.54. The molecule has 0 bridgehead atoms. The van der Waals surface area contributed by atoms with Crippen LogP contribution in [0.25, 0.3) is 73.6 Å². The molecule has 0 fully saturated rings. The summed E-state index contributed by atoms with van der Waals surface area (Å²) in [5, 5.41) is 3.28. The summed E-state index contributed by atoms with van der Waals surface area (Å²) < 4.78 is 19.9. The van der Waals surface area contributed by atoms with Crippen molar-refractivity contribution in [3.05, 3.63) is 58.3 Å². The lowest BCUT2D eigenvalue weighted by Gasteiger charge is -2.29. The van der Waals surface area contributed by atoms with E-state index in [1.165, 1.54) is 177 Å². The van der Waals surface area contributed by atoms with Gasteiger partial charge in [-0.3, -0.25) is 0 Å². The number of nitrogens with zero attached hydrogens (tertiary/aromatic N) is 4. The van der Waals surface area contributed by atoms with Crippen molar-refractivity contribution in [1.82, 2.24) is 17.5 Å². The predicted octanol–water partition coefficient (Wildman–Crippen LogP) is 16.7. The largest absolute Gasteiger partial charge is 0.398 e. The van der Waals surface area contributed by atoms with Crippen molar-refractivity contribution in [2.24, 2.45) is 0 Å². The summed E-state index contributed by atoms with van der Waals surface area (Å²) in [6.07, 6.45) is 22.6. The maximum absolute atomic E-state index is 7.11. The van der Waals surface area contributed by atoms with E-state index in [2.05, 4.69) is 76.2 Å². The van der Waals surface area contributed by atoms with Crippen LogP contribution in [0, 0.1) is 0 Å². The zero-order chi connectivity index (χ0) is 44.9. The molecule has 1 aliphatic heterocycles. The van der Waals surface area contributed by atoms with E-state index >= 15 is 0 Å². The maximum atomic E-state index is 7.11. The zero-order valence-electron chi connectivity index (χ0n) is 38.7. The van der Waals surface area contributed by atoms with E-state index in [1.807, 2.05) is 45.3 Å². The Balaban J connectivity index is 1.12. The van der Waals surface area contributed by atoms with Gasteiger partial charge in [-0.2, -0.15) is 17.5 Å². The standard InChI is InChI=1S/C52H64N6S6Si/c1-5-9-13-17-21-33-23-25-39(59-33)45-37(53)29-35(47-49(45)57-63-55-47)41-31-43-51(61-41)52-44(65(43,27-19-15-11-7-3)28-20-16-12-8-4)32-42(62-52)36-30-38(54)46(50-48(36)56-64-58-50)40-26-24-34(60-40)22-18-14-10-6-2/h23-26,29-32H,5-22,27-28,53-54H2,1-4H3. The van der Waals surface area contributed by atoms with Crippen LogP contribution in [0.1, 0.15) is 140 Å². The smallest absolute Gasteiger partial charge is 0.122 e. The van der Waals surface area contributed by atoms with Crippen LogP contribution in [0.3, 0.4) is 0 Å². The maximum Gasteiger partial charge on any atom is 0.122 e. The molecule has 0 saturated heterocycles. The molecule has 0 atom stereocenters. The number of unbranched alkanes of at least 4 members (excludes halogenated alkanes) is 12. The average molecular weight is 994 g/mol. The van der Waals surface area contributed by atoms with Crippen molar-refractivity contribution in [2.45, 2.75) is 155 Å². The van der Waals surface area contributed by atoms with Gasteiger partial charge in [-0.25, -0.2) is 0 Å². The highest BCUT2D eigenvalue weighted by Crippen LogP contribution is 2.51. The molecule has 342 valence electrons. The first-order valence-corrected chi connectivity index (χ1v) is 31.6. The van der Waals surface area contributed by atoms with Gasteiger partial charge >= 0.3 is 0 Å². The van der Waals surface area contributed by atoms with Crippen LogP contribution in [0.4, 0.5) is 11.4 Å². The number of benzene rings is 2. The molecule has 6 aromatic heterocycles. The van der Waals surface area contributed by atoms with Crippen molar-refractivity contribution in [3.8, 4) is 51.5 Å². The van der Waals surface area contributed by atoms with E-state index in [9.17, 15) is 0 Å². The second-order valence-electron chi connectivity index (χ2n) is 18.3. The van der Waals surface area contributed by atoms with Gasteiger partial charge < -0.3 is 11.5 Å². The molecule has 65 heavy (non-hydrogen) atoms. The molecule has 0 amide bonds. The Labute approximate surface area is 411 Å². The van der Waals surface area contributed by atoms with Crippen molar-refractivity contribution in [1.29, 1.82) is 0 Å². The first kappa shape index (κ1) is 46.8. The summed E-state index contributed by atoms with van der Waals surface area (Å²) in [4.78, 5) is 10.7. The molecule has 0 spiro atoms. The number of nitrogens with two attached hydrogens (primary N) is 2. The van der Waals surface area contributed by atoms with E-state index < -0.39 is 8.07 Å². The minimum absolute atomic E-state index is 0.794. The quantitative estimate of drug-likeness (QED) is 0.0355. The number of anilines is 2. The van der Waals surface area contributed by atoms with E-state index in [0.717, 1.165) is 68.5 Å². The van der Waals surface area contributed by atoms with Crippen LogP contribution in [0.15, 0.2) is 48.5 Å². The number of hydrogen-bond acceptors (Lipinski definition) is 12. The molecule has 0 unspecified atom stereocenters. The van der Waals surface area contributed by atoms with E-state index in [1.54, 1.807) is 10.4 Å². The van der Waals surface area contributed by atoms with Crippen LogP contribution < -0.4 is 21.8 Å². The van der Waals surface area contributed by atoms with E-state index in [-0.39, 0.29) is 0 Å². The van der Waals surface area contributed by atoms with Gasteiger partial charge in [0.1, 0.15) is 30.1 Å². The Bertz CT molecular complexity index is 2660. The molecule has 9 rings (SSSR count). The first-order chi connectivity index (χ1) is 31.9. The molecular formula is C52H64N6S6Si.